The molecule has 0 rings (SSSR count). The SMILES string of the molecule is C=C(CC=CC(C)C)C(C)CC(C)C. The van der Waals surface area contributed by atoms with Gasteiger partial charge in [-0.15, -0.1) is 0 Å². The Kier molecular flexibility index (Phi) is 6.61. The summed E-state index contributed by atoms with van der Waals surface area (Å²) >= 11 is 0. The second-order valence-electron chi connectivity index (χ2n) is 5.07. The zero-order chi connectivity index (χ0) is 11.1. The molecular weight excluding hydrogens is 168 g/mol. The summed E-state index contributed by atoms with van der Waals surface area (Å²) in [5, 5.41) is 0. The topological polar surface area (TPSA) is 0 Å². The van der Waals surface area contributed by atoms with Crippen LogP contribution in [0, 0.1) is 17.8 Å². The predicted molar refractivity (Wildman–Crippen MR) is 66.4 cm³/mol. The zero-order valence-electron chi connectivity index (χ0n) is 10.5. The van der Waals surface area contributed by atoms with E-state index in [0.29, 0.717) is 11.8 Å². The van der Waals surface area contributed by atoms with Gasteiger partial charge in [0.05, 0.1) is 0 Å². The highest BCUT2D eigenvalue weighted by atomic mass is 14.1. The zero-order valence-corrected chi connectivity index (χ0v) is 10.5. The summed E-state index contributed by atoms with van der Waals surface area (Å²) in [6.45, 7) is 15.4. The van der Waals surface area contributed by atoms with Crippen molar-refractivity contribution in [3.63, 3.8) is 0 Å². The highest BCUT2D eigenvalue weighted by Gasteiger charge is 2.07. The van der Waals surface area contributed by atoms with Gasteiger partial charge in [-0.2, -0.15) is 0 Å². The molecule has 82 valence electrons. The lowest BCUT2D eigenvalue weighted by Gasteiger charge is -2.15. The fourth-order valence-electron chi connectivity index (χ4n) is 1.57. The molecule has 0 spiro atoms. The average Bonchev–Trinajstić information content (AvgIpc) is 2.01. The standard InChI is InChI=1S/C14H26/c1-11(2)8-7-9-13(5)14(6)10-12(3)4/h7-8,11-12,14H,5,9-10H2,1-4,6H3. The van der Waals surface area contributed by atoms with Crippen LogP contribution in [0.5, 0.6) is 0 Å². The molecule has 14 heavy (non-hydrogen) atoms. The molecule has 0 bridgehead atoms. The van der Waals surface area contributed by atoms with Crippen LogP contribution in [0.25, 0.3) is 0 Å². The van der Waals surface area contributed by atoms with E-state index >= 15 is 0 Å². The summed E-state index contributed by atoms with van der Waals surface area (Å²) in [6.07, 6.45) is 6.82. The minimum atomic E-state index is 0.656. The number of hydrogen-bond acceptors (Lipinski definition) is 0. The van der Waals surface area contributed by atoms with Gasteiger partial charge in [-0.05, 0) is 30.6 Å². The van der Waals surface area contributed by atoms with E-state index < -0.39 is 0 Å². The van der Waals surface area contributed by atoms with Crippen molar-refractivity contribution < 1.29 is 0 Å². The first-order chi connectivity index (χ1) is 6.43. The van der Waals surface area contributed by atoms with Crippen LogP contribution in [-0.2, 0) is 0 Å². The van der Waals surface area contributed by atoms with Crippen LogP contribution in [0.1, 0.15) is 47.5 Å². The molecule has 0 saturated carbocycles. The first kappa shape index (κ1) is 13.5. The molecule has 0 heterocycles. The van der Waals surface area contributed by atoms with E-state index in [2.05, 4.69) is 53.3 Å². The van der Waals surface area contributed by atoms with Gasteiger partial charge < -0.3 is 0 Å². The van der Waals surface area contributed by atoms with E-state index in [1.807, 2.05) is 0 Å². The Morgan fingerprint density at radius 3 is 2.14 bits per heavy atom. The second-order valence-corrected chi connectivity index (χ2v) is 5.07. The van der Waals surface area contributed by atoms with Crippen LogP contribution in [0.2, 0.25) is 0 Å². The quantitative estimate of drug-likeness (QED) is 0.531. The van der Waals surface area contributed by atoms with Crippen molar-refractivity contribution in [1.82, 2.24) is 0 Å². The second kappa shape index (κ2) is 6.86. The maximum Gasteiger partial charge on any atom is -0.0139 e. The Bertz CT molecular complexity index is 184. The van der Waals surface area contributed by atoms with E-state index in [9.17, 15) is 0 Å². The number of allylic oxidation sites excluding steroid dienone is 3. The third kappa shape index (κ3) is 6.94. The lowest BCUT2D eigenvalue weighted by atomic mass is 9.91. The highest BCUT2D eigenvalue weighted by molar-refractivity contribution is 5.06. The van der Waals surface area contributed by atoms with Crippen molar-refractivity contribution in [2.24, 2.45) is 17.8 Å². The summed E-state index contributed by atoms with van der Waals surface area (Å²) in [5.74, 6) is 2.09. The van der Waals surface area contributed by atoms with Crippen molar-refractivity contribution in [2.75, 3.05) is 0 Å². The first-order valence-electron chi connectivity index (χ1n) is 5.77. The summed E-state index contributed by atoms with van der Waals surface area (Å²) < 4.78 is 0. The molecule has 0 aliphatic carbocycles. The largest absolute Gasteiger partial charge is 0.0993 e. The van der Waals surface area contributed by atoms with Gasteiger partial charge in [0.15, 0.2) is 0 Å². The van der Waals surface area contributed by atoms with Gasteiger partial charge in [0, 0.05) is 0 Å². The third-order valence-corrected chi connectivity index (χ3v) is 2.42. The monoisotopic (exact) mass is 194 g/mol. The Morgan fingerprint density at radius 2 is 1.71 bits per heavy atom. The molecule has 0 aromatic heterocycles. The molecule has 0 heteroatoms. The van der Waals surface area contributed by atoms with Crippen LogP contribution in [-0.4, -0.2) is 0 Å². The van der Waals surface area contributed by atoms with Crippen LogP contribution in [0.15, 0.2) is 24.3 Å². The van der Waals surface area contributed by atoms with Crippen LogP contribution in [0.4, 0.5) is 0 Å². The molecule has 0 aliphatic rings. The minimum absolute atomic E-state index is 0.656. The maximum absolute atomic E-state index is 4.15. The molecule has 1 atom stereocenters. The third-order valence-electron chi connectivity index (χ3n) is 2.42. The average molecular weight is 194 g/mol. The molecule has 0 aliphatic heterocycles. The van der Waals surface area contributed by atoms with E-state index in [-0.39, 0.29) is 0 Å². The fourth-order valence-corrected chi connectivity index (χ4v) is 1.57. The van der Waals surface area contributed by atoms with Gasteiger partial charge in [0.25, 0.3) is 0 Å². The van der Waals surface area contributed by atoms with Crippen LogP contribution in [0.3, 0.4) is 0 Å². The first-order valence-corrected chi connectivity index (χ1v) is 5.77. The van der Waals surface area contributed by atoms with Crippen LogP contribution >= 0.6 is 0 Å². The fraction of sp³-hybridized carbons (Fsp3) is 0.714. The molecular formula is C14H26. The van der Waals surface area contributed by atoms with E-state index in [0.717, 1.165) is 12.3 Å². The molecule has 0 N–H and O–H groups in total. The Morgan fingerprint density at radius 1 is 1.14 bits per heavy atom. The van der Waals surface area contributed by atoms with Crippen molar-refractivity contribution in [3.8, 4) is 0 Å². The Labute approximate surface area is 90.1 Å². The molecule has 0 radical (unpaired) electrons. The molecule has 0 aromatic carbocycles. The molecule has 0 aromatic rings. The summed E-state index contributed by atoms with van der Waals surface area (Å²) in [7, 11) is 0. The normalized spacial score (nSPS) is 14.2. The van der Waals surface area contributed by atoms with Crippen LogP contribution < -0.4 is 0 Å². The number of hydrogen-bond donors (Lipinski definition) is 0. The van der Waals surface area contributed by atoms with E-state index in [4.69, 9.17) is 0 Å². The van der Waals surface area contributed by atoms with Gasteiger partial charge in [-0.3, -0.25) is 0 Å². The van der Waals surface area contributed by atoms with E-state index in [1.54, 1.807) is 0 Å². The molecule has 0 amide bonds. The van der Waals surface area contributed by atoms with E-state index in [1.165, 1.54) is 12.0 Å². The van der Waals surface area contributed by atoms with Crippen molar-refractivity contribution in [1.29, 1.82) is 0 Å². The highest BCUT2D eigenvalue weighted by Crippen LogP contribution is 2.21. The predicted octanol–water partition coefficient (Wildman–Crippen LogP) is 4.83. The van der Waals surface area contributed by atoms with Gasteiger partial charge in [0.2, 0.25) is 0 Å². The lowest BCUT2D eigenvalue weighted by Crippen LogP contribution is -2.02. The Hall–Kier alpha value is -0.520. The van der Waals surface area contributed by atoms with Crippen molar-refractivity contribution >= 4 is 0 Å². The van der Waals surface area contributed by atoms with Gasteiger partial charge in [0.1, 0.15) is 0 Å². The Balaban J connectivity index is 3.84. The summed E-state index contributed by atoms with van der Waals surface area (Å²) in [6, 6.07) is 0. The van der Waals surface area contributed by atoms with Gasteiger partial charge in [-0.25, -0.2) is 0 Å². The summed E-state index contributed by atoms with van der Waals surface area (Å²) in [5.41, 5.74) is 1.37. The van der Waals surface area contributed by atoms with Crippen molar-refractivity contribution in [3.05, 3.63) is 24.3 Å². The molecule has 0 saturated heterocycles. The molecule has 0 fully saturated rings. The smallest absolute Gasteiger partial charge is 0.0139 e. The maximum atomic E-state index is 4.15. The molecule has 0 nitrogen and oxygen atoms in total. The minimum Gasteiger partial charge on any atom is -0.0993 e. The number of rotatable bonds is 6. The van der Waals surface area contributed by atoms with Gasteiger partial charge in [-0.1, -0.05) is 58.9 Å². The lowest BCUT2D eigenvalue weighted by molar-refractivity contribution is 0.482. The summed E-state index contributed by atoms with van der Waals surface area (Å²) in [4.78, 5) is 0. The van der Waals surface area contributed by atoms with Gasteiger partial charge >= 0.3 is 0 Å². The molecule has 1 unspecified atom stereocenters. The van der Waals surface area contributed by atoms with Crippen molar-refractivity contribution in [2.45, 2.75) is 47.5 Å².